The fourth-order valence-electron chi connectivity index (χ4n) is 2.69. The number of rotatable bonds is 4. The van der Waals surface area contributed by atoms with Crippen molar-refractivity contribution in [1.82, 2.24) is 10.4 Å². The molecule has 2 aromatic carbocycles. The van der Waals surface area contributed by atoms with Crippen LogP contribution in [0.3, 0.4) is 0 Å². The van der Waals surface area contributed by atoms with Crippen molar-refractivity contribution in [3.63, 3.8) is 0 Å². The van der Waals surface area contributed by atoms with Crippen LogP contribution in [0, 0.1) is 0 Å². The summed E-state index contributed by atoms with van der Waals surface area (Å²) in [5.74, 6) is -0.719. The number of carbonyl (C=O) groups excluding carboxylic acids is 3. The van der Waals surface area contributed by atoms with Crippen LogP contribution in [0.5, 0.6) is 0 Å². The number of nitrogens with one attached hydrogen (secondary N) is 1. The van der Waals surface area contributed by atoms with Gasteiger partial charge in [0.2, 0.25) is 5.60 Å². The Morgan fingerprint density at radius 1 is 1.04 bits per heavy atom. The van der Waals surface area contributed by atoms with Gasteiger partial charge in [-0.1, -0.05) is 60.7 Å². The number of hydrogen-bond donors (Lipinski definition) is 1. The predicted octanol–water partition coefficient (Wildman–Crippen LogP) is 2.57. The van der Waals surface area contributed by atoms with Gasteiger partial charge in [-0.2, -0.15) is 0 Å². The van der Waals surface area contributed by atoms with Crippen molar-refractivity contribution in [2.75, 3.05) is 6.61 Å². The smallest absolute Gasteiger partial charge is 0.438 e. The summed E-state index contributed by atoms with van der Waals surface area (Å²) in [6.45, 7) is 1.72. The molecule has 7 nitrogen and oxygen atoms in total. The molecular weight excluding hydrogens is 324 g/mol. The van der Waals surface area contributed by atoms with Crippen LogP contribution >= 0.6 is 0 Å². The first-order valence-corrected chi connectivity index (χ1v) is 7.71. The van der Waals surface area contributed by atoms with Gasteiger partial charge in [0.15, 0.2) is 0 Å². The second-order valence-corrected chi connectivity index (χ2v) is 5.25. The topological polar surface area (TPSA) is 84.9 Å². The third-order valence-corrected chi connectivity index (χ3v) is 3.77. The SMILES string of the molecule is CCOC(=O)NN1C(=O)OC(c2ccccc2)(c2ccccc2)C1=O. The van der Waals surface area contributed by atoms with E-state index in [0.29, 0.717) is 16.1 Å². The maximum atomic E-state index is 13.1. The second kappa shape index (κ2) is 6.64. The van der Waals surface area contributed by atoms with Gasteiger partial charge in [-0.05, 0) is 6.92 Å². The summed E-state index contributed by atoms with van der Waals surface area (Å²) in [4.78, 5) is 37.0. The first-order chi connectivity index (χ1) is 12.1. The molecule has 0 spiro atoms. The summed E-state index contributed by atoms with van der Waals surface area (Å²) in [6, 6.07) is 17.3. The molecule has 1 fully saturated rings. The summed E-state index contributed by atoms with van der Waals surface area (Å²) >= 11 is 0. The van der Waals surface area contributed by atoms with Gasteiger partial charge in [0.25, 0.3) is 0 Å². The number of cyclic esters (lactones) is 1. The number of benzene rings is 2. The van der Waals surface area contributed by atoms with Crippen LogP contribution in [0.25, 0.3) is 0 Å². The highest BCUT2D eigenvalue weighted by atomic mass is 16.6. The van der Waals surface area contributed by atoms with Crippen molar-refractivity contribution >= 4 is 18.1 Å². The van der Waals surface area contributed by atoms with Gasteiger partial charge >= 0.3 is 18.1 Å². The highest BCUT2D eigenvalue weighted by molar-refractivity contribution is 6.06. The van der Waals surface area contributed by atoms with E-state index in [0.717, 1.165) is 0 Å². The molecule has 0 bridgehead atoms. The molecule has 3 rings (SSSR count). The number of hydrogen-bond acceptors (Lipinski definition) is 5. The zero-order valence-electron chi connectivity index (χ0n) is 13.5. The van der Waals surface area contributed by atoms with Gasteiger partial charge in [-0.3, -0.25) is 4.79 Å². The van der Waals surface area contributed by atoms with Gasteiger partial charge in [0.1, 0.15) is 0 Å². The fourth-order valence-corrected chi connectivity index (χ4v) is 2.69. The Labute approximate surface area is 144 Å². The van der Waals surface area contributed by atoms with E-state index in [-0.39, 0.29) is 6.61 Å². The van der Waals surface area contributed by atoms with Crippen LogP contribution in [-0.2, 0) is 19.9 Å². The number of imide groups is 1. The van der Waals surface area contributed by atoms with Crippen molar-refractivity contribution in [3.05, 3.63) is 71.8 Å². The molecule has 3 amide bonds. The first kappa shape index (κ1) is 16.5. The lowest BCUT2D eigenvalue weighted by molar-refractivity contribution is -0.136. The van der Waals surface area contributed by atoms with Crippen LogP contribution in [0.15, 0.2) is 60.7 Å². The Morgan fingerprint density at radius 2 is 1.56 bits per heavy atom. The Bertz CT molecular complexity index is 752. The van der Waals surface area contributed by atoms with E-state index in [1.54, 1.807) is 67.6 Å². The van der Waals surface area contributed by atoms with Gasteiger partial charge in [-0.25, -0.2) is 15.0 Å². The molecule has 7 heteroatoms. The number of hydrazine groups is 1. The quantitative estimate of drug-likeness (QED) is 0.924. The van der Waals surface area contributed by atoms with Crippen LogP contribution in [0.2, 0.25) is 0 Å². The average Bonchev–Trinajstić information content (AvgIpc) is 2.89. The Balaban J connectivity index is 2.06. The van der Waals surface area contributed by atoms with Crippen molar-refractivity contribution in [2.45, 2.75) is 12.5 Å². The van der Waals surface area contributed by atoms with Crippen molar-refractivity contribution in [3.8, 4) is 0 Å². The molecule has 0 atom stereocenters. The fraction of sp³-hybridized carbons (Fsp3) is 0.167. The molecule has 1 saturated heterocycles. The summed E-state index contributed by atoms with van der Waals surface area (Å²) in [7, 11) is 0. The van der Waals surface area contributed by atoms with E-state index in [4.69, 9.17) is 9.47 Å². The molecule has 0 aliphatic carbocycles. The lowest BCUT2D eigenvalue weighted by atomic mass is 9.85. The van der Waals surface area contributed by atoms with Crippen molar-refractivity contribution in [1.29, 1.82) is 0 Å². The van der Waals surface area contributed by atoms with E-state index in [1.807, 2.05) is 0 Å². The third-order valence-electron chi connectivity index (χ3n) is 3.77. The monoisotopic (exact) mass is 340 g/mol. The minimum atomic E-state index is -1.67. The standard InChI is InChI=1S/C18H16N2O5/c1-2-24-16(22)19-20-15(21)18(25-17(20)23,13-9-5-3-6-10-13)14-11-7-4-8-12-14/h3-12H,2H2,1H3,(H,19,22). The molecule has 128 valence electrons. The third kappa shape index (κ3) is 2.80. The zero-order chi connectivity index (χ0) is 17.9. The lowest BCUT2D eigenvalue weighted by Gasteiger charge is -2.25. The summed E-state index contributed by atoms with van der Waals surface area (Å²) in [5.41, 5.74) is 1.41. The maximum Gasteiger partial charge on any atom is 0.438 e. The highest BCUT2D eigenvalue weighted by Crippen LogP contribution is 2.40. The molecule has 0 unspecified atom stereocenters. The van der Waals surface area contributed by atoms with Crippen LogP contribution < -0.4 is 5.43 Å². The average molecular weight is 340 g/mol. The van der Waals surface area contributed by atoms with E-state index in [9.17, 15) is 14.4 Å². The van der Waals surface area contributed by atoms with Gasteiger partial charge in [0.05, 0.1) is 6.61 Å². The largest absolute Gasteiger partial charge is 0.449 e. The van der Waals surface area contributed by atoms with Crippen molar-refractivity contribution in [2.24, 2.45) is 0 Å². The molecule has 1 aliphatic rings. The van der Waals surface area contributed by atoms with Gasteiger partial charge in [0, 0.05) is 11.1 Å². The molecule has 0 saturated carbocycles. The number of amides is 3. The van der Waals surface area contributed by atoms with Crippen LogP contribution in [-0.4, -0.2) is 29.7 Å². The molecule has 1 heterocycles. The number of carbonyl (C=O) groups is 3. The summed E-state index contributed by atoms with van der Waals surface area (Å²) in [6.07, 6.45) is -1.89. The second-order valence-electron chi connectivity index (χ2n) is 5.25. The molecule has 25 heavy (non-hydrogen) atoms. The van der Waals surface area contributed by atoms with E-state index >= 15 is 0 Å². The highest BCUT2D eigenvalue weighted by Gasteiger charge is 2.57. The number of ether oxygens (including phenoxy) is 2. The summed E-state index contributed by atoms with van der Waals surface area (Å²) < 4.78 is 10.2. The minimum Gasteiger partial charge on any atom is -0.449 e. The molecule has 1 N–H and O–H groups in total. The first-order valence-electron chi connectivity index (χ1n) is 7.71. The Kier molecular flexibility index (Phi) is 4.38. The maximum absolute atomic E-state index is 13.1. The summed E-state index contributed by atoms with van der Waals surface area (Å²) in [5, 5.41) is 0.540. The van der Waals surface area contributed by atoms with E-state index < -0.39 is 23.7 Å². The molecule has 2 aromatic rings. The van der Waals surface area contributed by atoms with E-state index in [1.165, 1.54) is 0 Å². The van der Waals surface area contributed by atoms with Gasteiger partial charge in [-0.15, -0.1) is 5.01 Å². The van der Waals surface area contributed by atoms with Crippen molar-refractivity contribution < 1.29 is 23.9 Å². The van der Waals surface area contributed by atoms with Gasteiger partial charge < -0.3 is 9.47 Å². The normalized spacial score (nSPS) is 15.6. The predicted molar refractivity (Wildman–Crippen MR) is 87.1 cm³/mol. The Hall–Kier alpha value is -3.35. The Morgan fingerprint density at radius 3 is 2.04 bits per heavy atom. The van der Waals surface area contributed by atoms with Crippen LogP contribution in [0.4, 0.5) is 9.59 Å². The number of nitrogens with zero attached hydrogens (tertiary/aromatic N) is 1. The zero-order valence-corrected chi connectivity index (χ0v) is 13.5. The molecular formula is C18H16N2O5. The molecule has 1 aliphatic heterocycles. The molecule has 0 aromatic heterocycles. The van der Waals surface area contributed by atoms with Crippen LogP contribution in [0.1, 0.15) is 18.1 Å². The molecule has 0 radical (unpaired) electrons. The van der Waals surface area contributed by atoms with E-state index in [2.05, 4.69) is 5.43 Å². The lowest BCUT2D eigenvalue weighted by Crippen LogP contribution is -2.49. The minimum absolute atomic E-state index is 0.103.